The van der Waals surface area contributed by atoms with Gasteiger partial charge in [0.25, 0.3) is 11.6 Å². The summed E-state index contributed by atoms with van der Waals surface area (Å²) in [5.41, 5.74) is -2.65. The second-order valence-corrected chi connectivity index (χ2v) is 6.72. The molecule has 1 N–H and O–H groups in total. The number of anilines is 1. The molecular formula is C19H14F3N5O6. The lowest BCUT2D eigenvalue weighted by atomic mass is 10.2. The van der Waals surface area contributed by atoms with E-state index < -0.39 is 44.6 Å². The second-order valence-electron chi connectivity index (χ2n) is 6.72. The lowest BCUT2D eigenvalue weighted by molar-refractivity contribution is -0.385. The summed E-state index contributed by atoms with van der Waals surface area (Å²) in [4.78, 5) is 33.7. The Hall–Kier alpha value is -4.49. The Morgan fingerprint density at radius 3 is 2.39 bits per heavy atom. The number of amides is 1. The highest BCUT2D eigenvalue weighted by Crippen LogP contribution is 2.34. The van der Waals surface area contributed by atoms with E-state index in [-0.39, 0.29) is 22.9 Å². The largest absolute Gasteiger partial charge is 0.457 e. The van der Waals surface area contributed by atoms with E-state index in [2.05, 4.69) is 10.4 Å². The van der Waals surface area contributed by atoms with Crippen molar-refractivity contribution in [1.82, 2.24) is 9.78 Å². The third-order valence-corrected chi connectivity index (χ3v) is 4.35. The fourth-order valence-corrected chi connectivity index (χ4v) is 3.00. The highest BCUT2D eigenvalue weighted by Gasteiger charge is 2.31. The number of nitro benzene ring substituents is 1. The number of rotatable bonds is 6. The third-order valence-electron chi connectivity index (χ3n) is 4.35. The number of hydrogen-bond acceptors (Lipinski definition) is 7. The number of carbonyl (C=O) groups is 1. The number of nitrogens with zero attached hydrogens (tertiary/aromatic N) is 4. The zero-order chi connectivity index (χ0) is 24.5. The van der Waals surface area contributed by atoms with Crippen LogP contribution in [0, 0.1) is 27.2 Å². The smallest absolute Gasteiger partial charge is 0.416 e. The molecule has 14 heteroatoms. The van der Waals surface area contributed by atoms with Crippen LogP contribution in [0.1, 0.15) is 21.7 Å². The monoisotopic (exact) mass is 465 g/mol. The zero-order valence-corrected chi connectivity index (χ0v) is 16.9. The van der Waals surface area contributed by atoms with E-state index in [0.29, 0.717) is 6.07 Å². The van der Waals surface area contributed by atoms with E-state index >= 15 is 0 Å². The Balaban J connectivity index is 1.96. The van der Waals surface area contributed by atoms with Gasteiger partial charge in [0.2, 0.25) is 5.69 Å². The average Bonchev–Trinajstić information content (AvgIpc) is 3.01. The fourth-order valence-electron chi connectivity index (χ4n) is 3.00. The Bertz CT molecular complexity index is 1270. The number of alkyl halides is 3. The van der Waals surface area contributed by atoms with Crippen molar-refractivity contribution in [3.63, 3.8) is 0 Å². The van der Waals surface area contributed by atoms with Crippen LogP contribution in [-0.4, -0.2) is 25.5 Å². The third kappa shape index (κ3) is 5.06. The molecule has 0 aliphatic carbocycles. The van der Waals surface area contributed by atoms with Gasteiger partial charge in [-0.2, -0.15) is 18.3 Å². The van der Waals surface area contributed by atoms with Crippen LogP contribution in [0.3, 0.4) is 0 Å². The van der Waals surface area contributed by atoms with Gasteiger partial charge in [-0.1, -0.05) is 6.07 Å². The van der Waals surface area contributed by atoms with Gasteiger partial charge in [-0.25, -0.2) is 0 Å². The van der Waals surface area contributed by atoms with Crippen molar-refractivity contribution in [2.75, 3.05) is 5.32 Å². The first-order valence-corrected chi connectivity index (χ1v) is 9.00. The first kappa shape index (κ1) is 23.2. The van der Waals surface area contributed by atoms with Crippen LogP contribution in [0.15, 0.2) is 42.5 Å². The Kier molecular flexibility index (Phi) is 6.02. The number of nitrogens with one attached hydrogen (secondary N) is 1. The van der Waals surface area contributed by atoms with Crippen molar-refractivity contribution in [2.24, 2.45) is 7.05 Å². The van der Waals surface area contributed by atoms with Crippen molar-refractivity contribution in [2.45, 2.75) is 13.1 Å². The molecule has 33 heavy (non-hydrogen) atoms. The molecule has 1 aromatic heterocycles. The summed E-state index contributed by atoms with van der Waals surface area (Å²) >= 11 is 0. The van der Waals surface area contributed by atoms with Crippen LogP contribution in [0.4, 0.5) is 30.2 Å². The van der Waals surface area contributed by atoms with Gasteiger partial charge in [0.15, 0.2) is 0 Å². The molecule has 3 rings (SSSR count). The van der Waals surface area contributed by atoms with E-state index in [1.165, 1.54) is 20.0 Å². The summed E-state index contributed by atoms with van der Waals surface area (Å²) in [6, 6.07) is 6.89. The molecule has 3 aromatic rings. The quantitative estimate of drug-likeness (QED) is 0.414. The number of ether oxygens (including phenoxy) is 1. The maximum absolute atomic E-state index is 12.9. The summed E-state index contributed by atoms with van der Waals surface area (Å²) in [6.45, 7) is 1.34. The summed E-state index contributed by atoms with van der Waals surface area (Å²) < 4.78 is 45.1. The second kappa shape index (κ2) is 8.57. The predicted molar refractivity (Wildman–Crippen MR) is 107 cm³/mol. The molecule has 0 saturated carbocycles. The van der Waals surface area contributed by atoms with Crippen LogP contribution in [-0.2, 0) is 13.2 Å². The Morgan fingerprint density at radius 1 is 1.09 bits per heavy atom. The molecule has 0 spiro atoms. The number of carbonyl (C=O) groups excluding carboxylic acids is 1. The lowest BCUT2D eigenvalue weighted by Crippen LogP contribution is -2.17. The van der Waals surface area contributed by atoms with Crippen LogP contribution >= 0.6 is 0 Å². The van der Waals surface area contributed by atoms with Gasteiger partial charge in [-0.05, 0) is 25.1 Å². The Labute approximate surface area is 182 Å². The highest BCUT2D eigenvalue weighted by atomic mass is 19.4. The van der Waals surface area contributed by atoms with Crippen LogP contribution in [0.25, 0.3) is 0 Å². The standard InChI is InChI=1S/C19H14F3N5O6/c1-10-16(27(31)32)17(25(2)24-10)18(28)23-12-7-13(26(29)30)9-15(8-12)33-14-5-3-4-11(6-14)19(20,21)22/h3-9H,1-2H3,(H,23,28). The molecule has 2 aromatic carbocycles. The van der Waals surface area contributed by atoms with Gasteiger partial charge in [0, 0.05) is 19.2 Å². The van der Waals surface area contributed by atoms with Gasteiger partial charge in [0.05, 0.1) is 27.2 Å². The number of aryl methyl sites for hydroxylation is 2. The van der Waals surface area contributed by atoms with Crippen LogP contribution < -0.4 is 10.1 Å². The highest BCUT2D eigenvalue weighted by molar-refractivity contribution is 6.06. The van der Waals surface area contributed by atoms with E-state index in [9.17, 15) is 38.2 Å². The molecule has 0 atom stereocenters. The minimum Gasteiger partial charge on any atom is -0.457 e. The first-order valence-electron chi connectivity index (χ1n) is 9.00. The summed E-state index contributed by atoms with van der Waals surface area (Å²) in [6.07, 6.45) is -4.63. The number of halogens is 3. The number of hydrogen-bond donors (Lipinski definition) is 1. The van der Waals surface area contributed by atoms with Crippen molar-refractivity contribution in [3.05, 3.63) is 79.6 Å². The van der Waals surface area contributed by atoms with Crippen molar-refractivity contribution in [1.29, 1.82) is 0 Å². The zero-order valence-electron chi connectivity index (χ0n) is 16.9. The molecule has 0 bridgehead atoms. The van der Waals surface area contributed by atoms with E-state index in [1.54, 1.807) is 0 Å². The van der Waals surface area contributed by atoms with Crippen molar-refractivity contribution >= 4 is 23.0 Å². The normalized spacial score (nSPS) is 11.2. The molecule has 0 saturated heterocycles. The molecular weight excluding hydrogens is 451 g/mol. The van der Waals surface area contributed by atoms with Crippen molar-refractivity contribution < 1.29 is 32.5 Å². The van der Waals surface area contributed by atoms with Gasteiger partial charge in [-0.3, -0.25) is 29.7 Å². The van der Waals surface area contributed by atoms with E-state index in [4.69, 9.17) is 4.74 Å². The summed E-state index contributed by atoms with van der Waals surface area (Å²) in [5.74, 6) is -1.47. The van der Waals surface area contributed by atoms with Gasteiger partial charge in [-0.15, -0.1) is 0 Å². The minimum atomic E-state index is -4.63. The minimum absolute atomic E-state index is 0.0136. The molecule has 1 heterocycles. The number of non-ortho nitro benzene ring substituents is 1. The first-order chi connectivity index (χ1) is 15.4. The van der Waals surface area contributed by atoms with E-state index in [0.717, 1.165) is 35.0 Å². The van der Waals surface area contributed by atoms with Crippen LogP contribution in [0.5, 0.6) is 11.5 Å². The topological polar surface area (TPSA) is 142 Å². The van der Waals surface area contributed by atoms with Crippen molar-refractivity contribution in [3.8, 4) is 11.5 Å². The summed E-state index contributed by atoms with van der Waals surface area (Å²) in [5, 5.41) is 28.7. The maximum atomic E-state index is 12.9. The molecule has 0 fully saturated rings. The molecule has 0 aliphatic heterocycles. The molecule has 0 radical (unpaired) electrons. The number of benzene rings is 2. The SMILES string of the molecule is Cc1nn(C)c(C(=O)Nc2cc(Oc3cccc(C(F)(F)F)c3)cc([N+](=O)[O-])c2)c1[N+](=O)[O-]. The molecule has 0 unspecified atom stereocenters. The van der Waals surface area contributed by atoms with E-state index in [1.807, 2.05) is 0 Å². The summed E-state index contributed by atoms with van der Waals surface area (Å²) in [7, 11) is 1.31. The fraction of sp³-hybridized carbons (Fsp3) is 0.158. The molecule has 11 nitrogen and oxygen atoms in total. The predicted octanol–water partition coefficient (Wildman–Crippen LogP) is 4.61. The molecule has 0 aliphatic rings. The van der Waals surface area contributed by atoms with Gasteiger partial charge < -0.3 is 10.1 Å². The molecule has 1 amide bonds. The maximum Gasteiger partial charge on any atom is 0.416 e. The number of nitro groups is 2. The number of aromatic nitrogens is 2. The Morgan fingerprint density at radius 2 is 1.79 bits per heavy atom. The van der Waals surface area contributed by atoms with Gasteiger partial charge in [0.1, 0.15) is 17.2 Å². The van der Waals surface area contributed by atoms with Crippen LogP contribution in [0.2, 0.25) is 0 Å². The van der Waals surface area contributed by atoms with Gasteiger partial charge >= 0.3 is 11.9 Å². The average molecular weight is 465 g/mol. The lowest BCUT2D eigenvalue weighted by Gasteiger charge is -2.11. The molecule has 172 valence electrons.